The molecule has 2 atom stereocenters. The Balaban J connectivity index is 1.63. The van der Waals surface area contributed by atoms with Crippen molar-refractivity contribution in [1.29, 1.82) is 0 Å². The predicted molar refractivity (Wildman–Crippen MR) is 112 cm³/mol. The molecule has 2 fully saturated rings. The van der Waals surface area contributed by atoms with E-state index in [2.05, 4.69) is 0 Å². The van der Waals surface area contributed by atoms with Crippen molar-refractivity contribution in [3.63, 3.8) is 0 Å². The number of hydrogen-bond acceptors (Lipinski definition) is 3. The van der Waals surface area contributed by atoms with E-state index in [1.807, 2.05) is 29.2 Å². The summed E-state index contributed by atoms with van der Waals surface area (Å²) in [5, 5.41) is 0.532. The fraction of sp³-hybridized carbons (Fsp3) is 0.391. The minimum absolute atomic E-state index is 0.0543. The summed E-state index contributed by atoms with van der Waals surface area (Å²) in [4.78, 5) is 30.1. The molecule has 2 unspecified atom stereocenters. The number of carbonyl (C=O) groups excluding carboxylic acids is 2. The van der Waals surface area contributed by atoms with Gasteiger partial charge in [-0.3, -0.25) is 9.59 Å². The van der Waals surface area contributed by atoms with Crippen LogP contribution in [0.3, 0.4) is 0 Å². The van der Waals surface area contributed by atoms with Gasteiger partial charge in [-0.05, 0) is 48.7 Å². The highest BCUT2D eigenvalue weighted by atomic mass is 35.5. The second-order valence-corrected chi connectivity index (χ2v) is 8.18. The van der Waals surface area contributed by atoms with Crippen LogP contribution in [0.4, 0.5) is 0 Å². The summed E-state index contributed by atoms with van der Waals surface area (Å²) in [5.74, 6) is 0.521. The lowest BCUT2D eigenvalue weighted by molar-refractivity contribution is -0.134. The van der Waals surface area contributed by atoms with Crippen molar-refractivity contribution < 1.29 is 14.3 Å². The van der Waals surface area contributed by atoms with Crippen molar-refractivity contribution in [2.24, 2.45) is 5.92 Å². The Labute approximate surface area is 176 Å². The molecule has 152 valence electrons. The molecule has 6 heteroatoms. The van der Waals surface area contributed by atoms with Gasteiger partial charge in [-0.2, -0.15) is 0 Å². The van der Waals surface area contributed by atoms with Crippen molar-refractivity contribution in [2.75, 3.05) is 33.3 Å². The standard InChI is InChI=1S/C23H25ClN2O3/c1-29-19-9-5-6-16(13-19)20-14-26(22(27)17-7-4-8-18(24)12-17)15-21(20)23(28)25-10-2-3-11-25/h4-9,12-13,20-21H,2-3,10-11,14-15H2,1H3. The average Bonchev–Trinajstić information content (AvgIpc) is 3.43. The molecular formula is C23H25ClN2O3. The van der Waals surface area contributed by atoms with Gasteiger partial charge >= 0.3 is 0 Å². The zero-order valence-electron chi connectivity index (χ0n) is 16.5. The average molecular weight is 413 g/mol. The van der Waals surface area contributed by atoms with Crippen LogP contribution in [0.1, 0.15) is 34.7 Å². The number of halogens is 1. The minimum atomic E-state index is -0.247. The number of rotatable bonds is 4. The van der Waals surface area contributed by atoms with E-state index in [0.29, 0.717) is 23.7 Å². The number of methoxy groups -OCH3 is 1. The molecule has 0 aliphatic carbocycles. The van der Waals surface area contributed by atoms with E-state index in [9.17, 15) is 9.59 Å². The Morgan fingerprint density at radius 2 is 1.76 bits per heavy atom. The second-order valence-electron chi connectivity index (χ2n) is 7.74. The molecule has 0 spiro atoms. The molecule has 0 bridgehead atoms. The first-order valence-electron chi connectivity index (χ1n) is 10.0. The maximum Gasteiger partial charge on any atom is 0.253 e. The molecule has 0 aromatic heterocycles. The molecule has 0 radical (unpaired) electrons. The lowest BCUT2D eigenvalue weighted by Crippen LogP contribution is -2.37. The van der Waals surface area contributed by atoms with Crippen molar-refractivity contribution in [3.8, 4) is 5.75 Å². The van der Waals surface area contributed by atoms with E-state index in [0.717, 1.165) is 37.2 Å². The monoisotopic (exact) mass is 412 g/mol. The van der Waals surface area contributed by atoms with E-state index < -0.39 is 0 Å². The predicted octanol–water partition coefficient (Wildman–Crippen LogP) is 3.83. The first-order valence-corrected chi connectivity index (χ1v) is 10.4. The maximum atomic E-state index is 13.3. The van der Waals surface area contributed by atoms with Crippen LogP contribution >= 0.6 is 11.6 Å². The van der Waals surface area contributed by atoms with Gasteiger partial charge in [0.1, 0.15) is 5.75 Å². The SMILES string of the molecule is COc1cccc(C2CN(C(=O)c3cccc(Cl)c3)CC2C(=O)N2CCCC2)c1. The van der Waals surface area contributed by atoms with Crippen LogP contribution in [0.15, 0.2) is 48.5 Å². The zero-order valence-corrected chi connectivity index (χ0v) is 17.3. The van der Waals surface area contributed by atoms with Crippen LogP contribution < -0.4 is 4.74 Å². The fourth-order valence-electron chi connectivity index (χ4n) is 4.41. The van der Waals surface area contributed by atoms with Gasteiger partial charge in [-0.1, -0.05) is 29.8 Å². The fourth-order valence-corrected chi connectivity index (χ4v) is 4.60. The molecule has 0 N–H and O–H groups in total. The van der Waals surface area contributed by atoms with Crippen LogP contribution in [0.2, 0.25) is 5.02 Å². The molecule has 2 aromatic rings. The number of amides is 2. The number of carbonyl (C=O) groups is 2. The summed E-state index contributed by atoms with van der Waals surface area (Å²) in [6.45, 7) is 2.54. The third-order valence-electron chi connectivity index (χ3n) is 5.94. The molecule has 2 aromatic carbocycles. The van der Waals surface area contributed by atoms with Crippen molar-refractivity contribution in [3.05, 3.63) is 64.7 Å². The third-order valence-corrected chi connectivity index (χ3v) is 6.17. The van der Waals surface area contributed by atoms with Gasteiger partial charge in [0, 0.05) is 42.7 Å². The van der Waals surface area contributed by atoms with Crippen LogP contribution in [-0.2, 0) is 4.79 Å². The molecular weight excluding hydrogens is 388 g/mol. The zero-order chi connectivity index (χ0) is 20.4. The van der Waals surface area contributed by atoms with Crippen LogP contribution in [0, 0.1) is 5.92 Å². The van der Waals surface area contributed by atoms with E-state index in [-0.39, 0.29) is 23.7 Å². The highest BCUT2D eigenvalue weighted by Crippen LogP contribution is 2.36. The van der Waals surface area contributed by atoms with E-state index in [1.54, 1.807) is 36.3 Å². The van der Waals surface area contributed by atoms with Gasteiger partial charge in [0.05, 0.1) is 13.0 Å². The molecule has 2 amide bonds. The van der Waals surface area contributed by atoms with Gasteiger partial charge in [-0.25, -0.2) is 0 Å². The van der Waals surface area contributed by atoms with Crippen LogP contribution in [0.5, 0.6) is 5.75 Å². The Kier molecular flexibility index (Phi) is 5.76. The van der Waals surface area contributed by atoms with Gasteiger partial charge in [0.2, 0.25) is 5.91 Å². The molecule has 29 heavy (non-hydrogen) atoms. The Hall–Kier alpha value is -2.53. The largest absolute Gasteiger partial charge is 0.497 e. The molecule has 2 heterocycles. The lowest BCUT2D eigenvalue weighted by Gasteiger charge is -2.24. The first kappa shape index (κ1) is 19.8. The summed E-state index contributed by atoms with van der Waals surface area (Å²) >= 11 is 6.07. The Morgan fingerprint density at radius 1 is 1.00 bits per heavy atom. The highest BCUT2D eigenvalue weighted by molar-refractivity contribution is 6.30. The molecule has 2 saturated heterocycles. The number of likely N-dealkylation sites (tertiary alicyclic amines) is 2. The smallest absolute Gasteiger partial charge is 0.253 e. The number of benzene rings is 2. The minimum Gasteiger partial charge on any atom is -0.497 e. The molecule has 0 saturated carbocycles. The van der Waals surface area contributed by atoms with E-state index >= 15 is 0 Å². The summed E-state index contributed by atoms with van der Waals surface area (Å²) in [5.41, 5.74) is 1.58. The molecule has 2 aliphatic heterocycles. The normalized spacial score (nSPS) is 21.4. The van der Waals surface area contributed by atoms with Gasteiger partial charge < -0.3 is 14.5 Å². The lowest BCUT2D eigenvalue weighted by atomic mass is 9.88. The second kappa shape index (κ2) is 8.46. The number of hydrogen-bond donors (Lipinski definition) is 0. The van der Waals surface area contributed by atoms with E-state index in [1.165, 1.54) is 0 Å². The molecule has 5 nitrogen and oxygen atoms in total. The molecule has 4 rings (SSSR count). The molecule has 2 aliphatic rings. The van der Waals surface area contributed by atoms with Crippen molar-refractivity contribution in [1.82, 2.24) is 9.80 Å². The third kappa shape index (κ3) is 4.10. The quantitative estimate of drug-likeness (QED) is 0.766. The van der Waals surface area contributed by atoms with Gasteiger partial charge in [-0.15, -0.1) is 0 Å². The van der Waals surface area contributed by atoms with E-state index in [4.69, 9.17) is 16.3 Å². The van der Waals surface area contributed by atoms with Crippen molar-refractivity contribution >= 4 is 23.4 Å². The highest BCUT2D eigenvalue weighted by Gasteiger charge is 2.42. The number of nitrogens with zero attached hydrogens (tertiary/aromatic N) is 2. The Bertz CT molecular complexity index is 911. The summed E-state index contributed by atoms with van der Waals surface area (Å²) in [6.07, 6.45) is 2.10. The summed E-state index contributed by atoms with van der Waals surface area (Å²) in [7, 11) is 1.63. The van der Waals surface area contributed by atoms with Crippen LogP contribution in [-0.4, -0.2) is 54.9 Å². The summed E-state index contributed by atoms with van der Waals surface area (Å²) < 4.78 is 5.38. The summed E-state index contributed by atoms with van der Waals surface area (Å²) in [6, 6.07) is 14.8. The number of ether oxygens (including phenoxy) is 1. The Morgan fingerprint density at radius 3 is 2.48 bits per heavy atom. The van der Waals surface area contributed by atoms with Gasteiger partial charge in [0.15, 0.2) is 0 Å². The first-order chi connectivity index (χ1) is 14.1. The van der Waals surface area contributed by atoms with Gasteiger partial charge in [0.25, 0.3) is 5.91 Å². The topological polar surface area (TPSA) is 49.9 Å². The van der Waals surface area contributed by atoms with Crippen LogP contribution in [0.25, 0.3) is 0 Å². The maximum absolute atomic E-state index is 13.3. The van der Waals surface area contributed by atoms with Crippen molar-refractivity contribution in [2.45, 2.75) is 18.8 Å².